The Morgan fingerprint density at radius 2 is 1.67 bits per heavy atom. The summed E-state index contributed by atoms with van der Waals surface area (Å²) in [4.78, 5) is 33.4. The number of rotatable bonds is 16. The molecule has 1 atom stereocenters. The number of aliphatic hydroxyl groups is 2. The first kappa shape index (κ1) is 40.4. The van der Waals surface area contributed by atoms with E-state index in [2.05, 4.69) is 26.1 Å². The molecule has 5 N–H and O–H groups in total. The first-order chi connectivity index (χ1) is 27.6. The number of amides is 1. The number of fused-ring (bicyclic) bond motifs is 1. The van der Waals surface area contributed by atoms with E-state index in [4.69, 9.17) is 26.8 Å². The van der Waals surface area contributed by atoms with E-state index in [1.807, 2.05) is 50.2 Å². The second kappa shape index (κ2) is 18.6. The minimum absolute atomic E-state index is 0.0202. The first-order valence-electron chi connectivity index (χ1n) is 18.1. The lowest BCUT2D eigenvalue weighted by molar-refractivity contribution is 0.0732. The highest BCUT2D eigenvalue weighted by Gasteiger charge is 2.18. The summed E-state index contributed by atoms with van der Waals surface area (Å²) < 4.78 is 18.6. The number of aromatic nitrogens is 3. The fourth-order valence-electron chi connectivity index (χ4n) is 6.49. The lowest BCUT2D eigenvalue weighted by Gasteiger charge is -2.18. The molecule has 0 aliphatic rings. The minimum Gasteiger partial charge on any atom is -0.488 e. The number of nitrogens with two attached hydrogens (primary N) is 1. The van der Waals surface area contributed by atoms with Gasteiger partial charge in [0, 0.05) is 61.5 Å². The van der Waals surface area contributed by atoms with Gasteiger partial charge in [-0.2, -0.15) is 5.26 Å². The molecule has 0 spiro atoms. The fourth-order valence-corrected chi connectivity index (χ4v) is 6.74. The molecule has 292 valence electrons. The van der Waals surface area contributed by atoms with E-state index in [-0.39, 0.29) is 38.4 Å². The summed E-state index contributed by atoms with van der Waals surface area (Å²) in [6.45, 7) is 4.91. The summed E-state index contributed by atoms with van der Waals surface area (Å²) in [5.41, 5.74) is 13.7. The van der Waals surface area contributed by atoms with Crippen LogP contribution >= 0.6 is 11.6 Å². The highest BCUT2D eigenvalue weighted by Crippen LogP contribution is 2.36. The van der Waals surface area contributed by atoms with Crippen molar-refractivity contribution >= 4 is 23.3 Å². The van der Waals surface area contributed by atoms with E-state index in [1.165, 1.54) is 10.6 Å². The molecule has 3 aromatic carbocycles. The number of aliphatic hydroxyl groups excluding tert-OH is 2. The third-order valence-corrected chi connectivity index (χ3v) is 9.74. The Hall–Kier alpha value is -6.30. The molecular weight excluding hydrogens is 748 g/mol. The number of ether oxygens (including phenoxy) is 3. The van der Waals surface area contributed by atoms with Crippen LogP contribution in [0.1, 0.15) is 38.9 Å². The van der Waals surface area contributed by atoms with E-state index in [9.17, 15) is 25.1 Å². The van der Waals surface area contributed by atoms with Crippen molar-refractivity contribution in [2.45, 2.75) is 46.1 Å². The van der Waals surface area contributed by atoms with Gasteiger partial charge in [0.2, 0.25) is 0 Å². The summed E-state index contributed by atoms with van der Waals surface area (Å²) in [5, 5.41) is 32.3. The molecule has 3 heterocycles. The van der Waals surface area contributed by atoms with Crippen molar-refractivity contribution in [3.8, 4) is 39.8 Å². The zero-order chi connectivity index (χ0) is 40.5. The van der Waals surface area contributed by atoms with E-state index in [0.717, 1.165) is 44.5 Å². The first-order valence-corrected chi connectivity index (χ1v) is 18.5. The number of halogens is 1. The predicted molar refractivity (Wildman–Crippen MR) is 215 cm³/mol. The molecule has 0 fully saturated rings. The van der Waals surface area contributed by atoms with Gasteiger partial charge in [-0.05, 0) is 77.1 Å². The summed E-state index contributed by atoms with van der Waals surface area (Å²) >= 11 is 6.73. The summed E-state index contributed by atoms with van der Waals surface area (Å²) in [7, 11) is 0. The third-order valence-electron chi connectivity index (χ3n) is 9.44. The van der Waals surface area contributed by atoms with Crippen LogP contribution in [0.25, 0.3) is 27.9 Å². The number of pyridine rings is 2. The zero-order valence-corrected chi connectivity index (χ0v) is 32.1. The van der Waals surface area contributed by atoms with Gasteiger partial charge in [0.05, 0.1) is 28.9 Å². The molecule has 0 aliphatic heterocycles. The molecule has 0 radical (unpaired) electrons. The molecule has 0 saturated carbocycles. The average molecular weight is 789 g/mol. The van der Waals surface area contributed by atoms with E-state index < -0.39 is 12.2 Å². The molecule has 57 heavy (non-hydrogen) atoms. The number of primary amides is 1. The second-order valence-electron chi connectivity index (χ2n) is 13.4. The lowest BCUT2D eigenvalue weighted by atomic mass is 9.90. The SMILES string of the molecule is Cc1c(COc2cc(OCc3cncc(C#N)c3)c(CNCCO)cc2Cl)cccc1-c1cccc(-c2cnc3cc(CC(O)COC(N)=O)ccn3c2=O)c1C. The van der Waals surface area contributed by atoms with E-state index in [1.54, 1.807) is 48.9 Å². The van der Waals surface area contributed by atoms with E-state index in [0.29, 0.717) is 51.9 Å². The van der Waals surface area contributed by atoms with Crippen molar-refractivity contribution in [1.29, 1.82) is 5.26 Å². The van der Waals surface area contributed by atoms with Crippen molar-refractivity contribution in [3.05, 3.63) is 146 Å². The number of nitrogens with zero attached hydrogens (tertiary/aromatic N) is 4. The van der Waals surface area contributed by atoms with Crippen molar-refractivity contribution in [3.63, 3.8) is 0 Å². The Balaban J connectivity index is 1.23. The van der Waals surface area contributed by atoms with Crippen LogP contribution in [0.3, 0.4) is 0 Å². The van der Waals surface area contributed by atoms with Crippen LogP contribution in [0.4, 0.5) is 4.79 Å². The summed E-state index contributed by atoms with van der Waals surface area (Å²) in [6, 6.07) is 22.6. The number of hydrogen-bond donors (Lipinski definition) is 4. The van der Waals surface area contributed by atoms with Gasteiger partial charge in [-0.1, -0.05) is 48.0 Å². The van der Waals surface area contributed by atoms with Gasteiger partial charge in [-0.15, -0.1) is 0 Å². The molecule has 1 unspecified atom stereocenters. The zero-order valence-electron chi connectivity index (χ0n) is 31.4. The van der Waals surface area contributed by atoms with Gasteiger partial charge < -0.3 is 35.5 Å². The van der Waals surface area contributed by atoms with Crippen LogP contribution in [0.2, 0.25) is 5.02 Å². The fraction of sp³-hybridized carbons (Fsp3) is 0.233. The third kappa shape index (κ3) is 9.75. The van der Waals surface area contributed by atoms with Crippen molar-refractivity contribution in [2.24, 2.45) is 5.73 Å². The number of nitriles is 1. The molecule has 13 nitrogen and oxygen atoms in total. The Labute approximate surface area is 333 Å². The number of nitrogens with one attached hydrogen (secondary N) is 1. The van der Waals surface area contributed by atoms with Crippen LogP contribution in [0.5, 0.6) is 11.5 Å². The minimum atomic E-state index is -0.964. The van der Waals surface area contributed by atoms with Crippen molar-refractivity contribution < 1.29 is 29.2 Å². The predicted octanol–water partition coefficient (Wildman–Crippen LogP) is 5.80. The number of carbonyl (C=O) groups excluding carboxylic acids is 1. The highest BCUT2D eigenvalue weighted by molar-refractivity contribution is 6.32. The van der Waals surface area contributed by atoms with Gasteiger partial charge >= 0.3 is 6.09 Å². The van der Waals surface area contributed by atoms with Gasteiger partial charge in [-0.3, -0.25) is 14.2 Å². The molecule has 0 saturated heterocycles. The topological polar surface area (TPSA) is 194 Å². The Kier molecular flexibility index (Phi) is 13.1. The van der Waals surface area contributed by atoms with Crippen LogP contribution in [-0.4, -0.2) is 56.5 Å². The Morgan fingerprint density at radius 3 is 2.42 bits per heavy atom. The van der Waals surface area contributed by atoms with Gasteiger partial charge in [0.1, 0.15) is 43.0 Å². The summed E-state index contributed by atoms with van der Waals surface area (Å²) in [6.07, 6.45) is 4.57. The lowest BCUT2D eigenvalue weighted by Crippen LogP contribution is -2.24. The normalized spacial score (nSPS) is 11.6. The van der Waals surface area contributed by atoms with Crippen LogP contribution in [-0.2, 0) is 30.9 Å². The monoisotopic (exact) mass is 788 g/mol. The summed E-state index contributed by atoms with van der Waals surface area (Å²) in [5.74, 6) is 0.958. The molecule has 6 aromatic rings. The molecule has 1 amide bonds. The average Bonchev–Trinajstić information content (AvgIpc) is 3.20. The van der Waals surface area contributed by atoms with Gasteiger partial charge in [0.15, 0.2) is 0 Å². The molecule has 3 aromatic heterocycles. The Bertz CT molecular complexity index is 2520. The quantitative estimate of drug-likeness (QED) is 0.0866. The molecule has 6 rings (SSSR count). The number of benzene rings is 3. The molecule has 0 aliphatic carbocycles. The smallest absolute Gasteiger partial charge is 0.404 e. The Morgan fingerprint density at radius 1 is 0.930 bits per heavy atom. The number of hydrogen-bond acceptors (Lipinski definition) is 11. The number of carbonyl (C=O) groups is 1. The van der Waals surface area contributed by atoms with Crippen LogP contribution in [0, 0.1) is 25.2 Å². The maximum atomic E-state index is 13.8. The second-order valence-corrected chi connectivity index (χ2v) is 13.8. The molecular formula is C43H41ClN6O7. The maximum Gasteiger partial charge on any atom is 0.404 e. The molecule has 0 bridgehead atoms. The van der Waals surface area contributed by atoms with Crippen LogP contribution < -0.4 is 26.1 Å². The standard InChI is InChI=1S/C43H41ClN6O7/c1-26-31(24-56-40-17-39(32(16-38(40)44)21-47-10-12-51)55-23-30-13-29(18-45)19-48-20-30)5-3-6-34(26)35-7-4-8-36(27(35)2)37-22-49-41-15-28(9-11-50(41)42(37)53)14-33(52)25-57-43(46)54/h3-9,11,13,15-17,19-20,22,33,47,51-52H,10,12,14,21,23-25H2,1-2H3,(H2,46,54). The van der Waals surface area contributed by atoms with Gasteiger partial charge in [0.25, 0.3) is 5.56 Å². The van der Waals surface area contributed by atoms with Crippen molar-refractivity contribution in [1.82, 2.24) is 19.7 Å². The van der Waals surface area contributed by atoms with Gasteiger partial charge in [-0.25, -0.2) is 9.78 Å². The largest absolute Gasteiger partial charge is 0.488 e. The molecule has 14 heteroatoms. The van der Waals surface area contributed by atoms with Crippen molar-refractivity contribution in [2.75, 3.05) is 19.8 Å². The highest BCUT2D eigenvalue weighted by atomic mass is 35.5. The van der Waals surface area contributed by atoms with E-state index >= 15 is 0 Å². The maximum absolute atomic E-state index is 13.8. The van der Waals surface area contributed by atoms with Crippen LogP contribution in [0.15, 0.2) is 96.3 Å².